The van der Waals surface area contributed by atoms with Gasteiger partial charge in [-0.25, -0.2) is 0 Å². The van der Waals surface area contributed by atoms with Crippen LogP contribution in [0.3, 0.4) is 0 Å². The Kier molecular flexibility index (Phi) is 5.78. The molecule has 1 atom stereocenters. The van der Waals surface area contributed by atoms with Crippen molar-refractivity contribution >= 4 is 29.7 Å². The van der Waals surface area contributed by atoms with Crippen LogP contribution in [0.25, 0.3) is 0 Å². The van der Waals surface area contributed by atoms with Gasteiger partial charge in [-0.05, 0) is 56.5 Å². The number of halogens is 1. The Hall–Kier alpha value is -1.41. The topological polar surface area (TPSA) is 70.2 Å². The molecule has 0 aliphatic carbocycles. The lowest BCUT2D eigenvalue weighted by Crippen LogP contribution is -2.44. The monoisotopic (exact) mass is 422 g/mol. The SMILES string of the molecule is Cl.O=C(c1cc2c(s1)CCOC21CCNCC1)N1CCCC(c2ccn[nH]2)C1. The summed E-state index contributed by atoms with van der Waals surface area (Å²) in [7, 11) is 0. The average molecular weight is 423 g/mol. The molecule has 152 valence electrons. The van der Waals surface area contributed by atoms with Crippen molar-refractivity contribution in [3.8, 4) is 0 Å². The van der Waals surface area contributed by atoms with E-state index in [4.69, 9.17) is 4.74 Å². The van der Waals surface area contributed by atoms with Crippen molar-refractivity contribution in [3.05, 3.63) is 39.3 Å². The lowest BCUT2D eigenvalue weighted by Gasteiger charge is -2.40. The number of carbonyl (C=O) groups excluding carboxylic acids is 1. The maximum Gasteiger partial charge on any atom is 0.263 e. The summed E-state index contributed by atoms with van der Waals surface area (Å²) in [6.45, 7) is 4.35. The number of thiophene rings is 1. The molecule has 3 aliphatic rings. The van der Waals surface area contributed by atoms with E-state index in [1.165, 1.54) is 10.4 Å². The van der Waals surface area contributed by atoms with Gasteiger partial charge in [0.2, 0.25) is 0 Å². The largest absolute Gasteiger partial charge is 0.370 e. The van der Waals surface area contributed by atoms with E-state index >= 15 is 0 Å². The Morgan fingerprint density at radius 1 is 1.36 bits per heavy atom. The highest BCUT2D eigenvalue weighted by molar-refractivity contribution is 7.14. The van der Waals surface area contributed by atoms with E-state index in [-0.39, 0.29) is 23.9 Å². The number of hydrogen-bond acceptors (Lipinski definition) is 5. The van der Waals surface area contributed by atoms with Gasteiger partial charge < -0.3 is 15.0 Å². The zero-order valence-electron chi connectivity index (χ0n) is 15.9. The third-order valence-electron chi connectivity index (χ3n) is 6.30. The predicted molar refractivity (Wildman–Crippen MR) is 111 cm³/mol. The summed E-state index contributed by atoms with van der Waals surface area (Å²) in [5.74, 6) is 0.543. The van der Waals surface area contributed by atoms with Crippen molar-refractivity contribution in [3.63, 3.8) is 0 Å². The molecule has 1 amide bonds. The summed E-state index contributed by atoms with van der Waals surface area (Å²) in [5, 5.41) is 10.6. The number of carbonyl (C=O) groups is 1. The van der Waals surface area contributed by atoms with E-state index in [0.717, 1.165) is 75.5 Å². The van der Waals surface area contributed by atoms with Gasteiger partial charge in [-0.3, -0.25) is 9.89 Å². The second-order valence-corrected chi connectivity index (χ2v) is 9.03. The fourth-order valence-corrected chi connectivity index (χ4v) is 6.03. The second kappa shape index (κ2) is 8.14. The summed E-state index contributed by atoms with van der Waals surface area (Å²) in [6.07, 6.45) is 6.86. The zero-order chi connectivity index (χ0) is 18.3. The number of ether oxygens (including phenoxy) is 1. The van der Waals surface area contributed by atoms with Gasteiger partial charge >= 0.3 is 0 Å². The molecule has 0 aromatic carbocycles. The van der Waals surface area contributed by atoms with Crippen LogP contribution in [0.1, 0.15) is 57.4 Å². The van der Waals surface area contributed by atoms with Crippen LogP contribution in [0.2, 0.25) is 0 Å². The number of amides is 1. The van der Waals surface area contributed by atoms with Crippen LogP contribution in [0.15, 0.2) is 18.3 Å². The molecule has 0 bridgehead atoms. The summed E-state index contributed by atoms with van der Waals surface area (Å²) < 4.78 is 6.27. The fourth-order valence-electron chi connectivity index (χ4n) is 4.83. The molecule has 1 spiro atoms. The van der Waals surface area contributed by atoms with Gasteiger partial charge in [-0.1, -0.05) is 0 Å². The molecule has 3 aliphatic heterocycles. The van der Waals surface area contributed by atoms with E-state index in [1.807, 2.05) is 11.0 Å². The number of fused-ring (bicyclic) bond motifs is 2. The smallest absolute Gasteiger partial charge is 0.263 e. The fraction of sp³-hybridized carbons (Fsp3) is 0.600. The predicted octanol–water partition coefficient (Wildman–Crippen LogP) is 3.06. The average Bonchev–Trinajstić information content (AvgIpc) is 3.39. The number of aromatic nitrogens is 2. The van der Waals surface area contributed by atoms with Crippen molar-refractivity contribution in [2.45, 2.75) is 43.6 Å². The number of nitrogens with one attached hydrogen (secondary N) is 2. The van der Waals surface area contributed by atoms with Crippen molar-refractivity contribution in [2.75, 3.05) is 32.8 Å². The Morgan fingerprint density at radius 3 is 3.00 bits per heavy atom. The van der Waals surface area contributed by atoms with Crippen LogP contribution in [-0.2, 0) is 16.8 Å². The second-order valence-electron chi connectivity index (χ2n) is 7.89. The highest BCUT2D eigenvalue weighted by Gasteiger charge is 2.41. The number of H-pyrrole nitrogens is 1. The summed E-state index contributed by atoms with van der Waals surface area (Å²) in [6, 6.07) is 4.17. The van der Waals surface area contributed by atoms with E-state index in [9.17, 15) is 4.79 Å². The molecule has 8 heteroatoms. The van der Waals surface area contributed by atoms with Gasteiger partial charge in [0.25, 0.3) is 5.91 Å². The highest BCUT2D eigenvalue weighted by Crippen LogP contribution is 2.43. The summed E-state index contributed by atoms with van der Waals surface area (Å²) in [4.78, 5) is 17.5. The first kappa shape index (κ1) is 19.9. The van der Waals surface area contributed by atoms with Crippen LogP contribution in [-0.4, -0.2) is 53.8 Å². The maximum atomic E-state index is 13.3. The normalized spacial score (nSPS) is 23.9. The number of hydrogen-bond donors (Lipinski definition) is 2. The minimum absolute atomic E-state index is 0. The Balaban J connectivity index is 0.00000192. The van der Waals surface area contributed by atoms with Crippen molar-refractivity contribution in [1.82, 2.24) is 20.4 Å². The van der Waals surface area contributed by atoms with Gasteiger partial charge in [0, 0.05) is 42.2 Å². The van der Waals surface area contributed by atoms with Crippen LogP contribution >= 0.6 is 23.7 Å². The first-order valence-corrected chi connectivity index (χ1v) is 10.8. The van der Waals surface area contributed by atoms with E-state index in [2.05, 4.69) is 21.6 Å². The van der Waals surface area contributed by atoms with E-state index < -0.39 is 0 Å². The molecule has 28 heavy (non-hydrogen) atoms. The minimum atomic E-state index is -0.172. The lowest BCUT2D eigenvalue weighted by atomic mass is 9.83. The Bertz CT molecular complexity index is 816. The Morgan fingerprint density at radius 2 is 2.21 bits per heavy atom. The number of aromatic amines is 1. The molecular weight excluding hydrogens is 396 g/mol. The van der Waals surface area contributed by atoms with Gasteiger partial charge in [-0.15, -0.1) is 23.7 Å². The van der Waals surface area contributed by atoms with Gasteiger partial charge in [0.05, 0.1) is 17.1 Å². The summed E-state index contributed by atoms with van der Waals surface area (Å²) in [5.41, 5.74) is 2.25. The first-order chi connectivity index (χ1) is 13.3. The molecular formula is C20H27ClN4O2S. The van der Waals surface area contributed by atoms with E-state index in [1.54, 1.807) is 17.5 Å². The summed E-state index contributed by atoms with van der Waals surface area (Å²) >= 11 is 1.69. The molecule has 2 N–H and O–H groups in total. The van der Waals surface area contributed by atoms with Crippen molar-refractivity contribution in [2.24, 2.45) is 0 Å². The van der Waals surface area contributed by atoms with Gasteiger partial charge in [0.15, 0.2) is 0 Å². The van der Waals surface area contributed by atoms with Crippen molar-refractivity contribution in [1.29, 1.82) is 0 Å². The maximum absolute atomic E-state index is 13.3. The molecule has 0 radical (unpaired) electrons. The number of nitrogens with zero attached hydrogens (tertiary/aromatic N) is 2. The Labute approximate surface area is 175 Å². The minimum Gasteiger partial charge on any atom is -0.370 e. The molecule has 2 aromatic heterocycles. The first-order valence-electron chi connectivity index (χ1n) is 10.0. The molecule has 1 unspecified atom stereocenters. The number of piperidine rings is 2. The standard InChI is InChI=1S/C20H26N4O2S.ClH/c25-19(24-10-1-2-14(13-24)16-3-7-22-23-16)18-12-15-17(27-18)4-11-26-20(15)5-8-21-9-6-20;/h3,7,12,14,21H,1-2,4-6,8-11,13H2,(H,22,23);1H. The van der Waals surface area contributed by atoms with Gasteiger partial charge in [0.1, 0.15) is 0 Å². The van der Waals surface area contributed by atoms with Crippen LogP contribution in [0.5, 0.6) is 0 Å². The van der Waals surface area contributed by atoms with Crippen LogP contribution < -0.4 is 5.32 Å². The third kappa shape index (κ3) is 3.49. The van der Waals surface area contributed by atoms with E-state index in [0.29, 0.717) is 5.92 Å². The molecule has 5 heterocycles. The lowest BCUT2D eigenvalue weighted by molar-refractivity contribution is -0.0792. The molecule has 5 rings (SSSR count). The van der Waals surface area contributed by atoms with Gasteiger partial charge in [-0.2, -0.15) is 5.10 Å². The quantitative estimate of drug-likeness (QED) is 0.780. The number of rotatable bonds is 2. The molecule has 2 fully saturated rings. The van der Waals surface area contributed by atoms with Crippen LogP contribution in [0, 0.1) is 0 Å². The molecule has 0 saturated carbocycles. The molecule has 2 saturated heterocycles. The third-order valence-corrected chi connectivity index (χ3v) is 7.48. The van der Waals surface area contributed by atoms with Crippen LogP contribution in [0.4, 0.5) is 0 Å². The molecule has 2 aromatic rings. The number of likely N-dealkylation sites (tertiary alicyclic amines) is 1. The molecule has 6 nitrogen and oxygen atoms in total. The van der Waals surface area contributed by atoms with Crippen molar-refractivity contribution < 1.29 is 9.53 Å². The highest BCUT2D eigenvalue weighted by atomic mass is 35.5. The zero-order valence-corrected chi connectivity index (χ0v) is 17.5.